The zero-order chi connectivity index (χ0) is 13.6. The van der Waals surface area contributed by atoms with Crippen LogP contribution in [0.3, 0.4) is 0 Å². The van der Waals surface area contributed by atoms with E-state index in [1.165, 1.54) is 6.20 Å². The Morgan fingerprint density at radius 2 is 2.11 bits per heavy atom. The van der Waals surface area contributed by atoms with Gasteiger partial charge >= 0.3 is 6.18 Å². The van der Waals surface area contributed by atoms with E-state index in [1.54, 1.807) is 6.07 Å². The average Bonchev–Trinajstić information content (AvgIpc) is 3.03. The van der Waals surface area contributed by atoms with E-state index >= 15 is 0 Å². The van der Waals surface area contributed by atoms with Crippen molar-refractivity contribution in [3.05, 3.63) is 27.7 Å². The number of aromatic amines is 1. The van der Waals surface area contributed by atoms with E-state index in [4.69, 9.17) is 12.2 Å². The first-order chi connectivity index (χ1) is 8.93. The van der Waals surface area contributed by atoms with E-state index in [-0.39, 0.29) is 0 Å². The summed E-state index contributed by atoms with van der Waals surface area (Å²) in [5, 5.41) is -0.855. The molecule has 2 aromatic heterocycles. The van der Waals surface area contributed by atoms with Gasteiger partial charge in [0.15, 0.2) is 5.01 Å². The Balaban J connectivity index is 2.02. The van der Waals surface area contributed by atoms with E-state index in [9.17, 15) is 13.2 Å². The van der Waals surface area contributed by atoms with Crippen molar-refractivity contribution in [2.75, 3.05) is 0 Å². The van der Waals surface area contributed by atoms with Gasteiger partial charge < -0.3 is 4.98 Å². The van der Waals surface area contributed by atoms with Crippen molar-refractivity contribution in [2.24, 2.45) is 0 Å². The summed E-state index contributed by atoms with van der Waals surface area (Å²) >= 11 is 5.65. The monoisotopic (exact) mass is 303 g/mol. The summed E-state index contributed by atoms with van der Waals surface area (Å²) in [6.07, 6.45) is -1.12. The molecule has 1 saturated carbocycles. The molecular formula is C11H8F3N3S2. The van der Waals surface area contributed by atoms with Crippen LogP contribution in [0.5, 0.6) is 0 Å². The van der Waals surface area contributed by atoms with Crippen LogP contribution in [-0.2, 0) is 6.18 Å². The maximum Gasteiger partial charge on any atom is 0.443 e. The van der Waals surface area contributed by atoms with E-state index in [0.717, 1.165) is 18.7 Å². The van der Waals surface area contributed by atoms with E-state index in [2.05, 4.69) is 15.0 Å². The smallest absolute Gasteiger partial charge is 0.342 e. The van der Waals surface area contributed by atoms with Gasteiger partial charge in [0.1, 0.15) is 10.5 Å². The molecule has 0 amide bonds. The van der Waals surface area contributed by atoms with Crippen molar-refractivity contribution in [3.8, 4) is 10.6 Å². The van der Waals surface area contributed by atoms with Gasteiger partial charge in [0.25, 0.3) is 0 Å². The second-order valence-electron chi connectivity index (χ2n) is 4.32. The molecule has 1 aliphatic carbocycles. The maximum atomic E-state index is 12.5. The highest BCUT2D eigenvalue weighted by Crippen LogP contribution is 2.39. The summed E-state index contributed by atoms with van der Waals surface area (Å²) in [4.78, 5) is 11.1. The van der Waals surface area contributed by atoms with E-state index < -0.39 is 11.2 Å². The highest BCUT2D eigenvalue weighted by Gasteiger charge is 2.35. The van der Waals surface area contributed by atoms with Crippen LogP contribution in [0.25, 0.3) is 10.6 Å². The maximum absolute atomic E-state index is 12.5. The minimum absolute atomic E-state index is 0.358. The molecule has 0 aliphatic heterocycles. The number of alkyl halides is 3. The predicted octanol–water partition coefficient (Wildman–Crippen LogP) is 4.16. The highest BCUT2D eigenvalue weighted by atomic mass is 32.1. The molecule has 0 unspecified atom stereocenters. The Hall–Kier alpha value is -1.28. The third-order valence-corrected chi connectivity index (χ3v) is 4.02. The third-order valence-electron chi connectivity index (χ3n) is 2.74. The summed E-state index contributed by atoms with van der Waals surface area (Å²) in [6, 6.07) is 1.56. The number of halogens is 3. The second-order valence-corrected chi connectivity index (χ2v) is 5.77. The molecule has 8 heteroatoms. The minimum atomic E-state index is -4.41. The van der Waals surface area contributed by atoms with Gasteiger partial charge in [-0.3, -0.25) is 0 Å². The third kappa shape index (κ3) is 2.69. The van der Waals surface area contributed by atoms with Gasteiger partial charge in [-0.1, -0.05) is 12.2 Å². The summed E-state index contributed by atoms with van der Waals surface area (Å²) < 4.78 is 37.9. The Kier molecular flexibility index (Phi) is 2.94. The molecular weight excluding hydrogens is 295 g/mol. The predicted molar refractivity (Wildman–Crippen MR) is 67.5 cm³/mol. The van der Waals surface area contributed by atoms with Crippen LogP contribution in [0, 0.1) is 4.64 Å². The number of H-pyrrole nitrogens is 1. The Labute approximate surface area is 115 Å². The van der Waals surface area contributed by atoms with Gasteiger partial charge in [-0.05, 0) is 18.9 Å². The van der Waals surface area contributed by atoms with Gasteiger partial charge in [-0.25, -0.2) is 9.97 Å². The molecule has 3 rings (SSSR count). The van der Waals surface area contributed by atoms with Crippen molar-refractivity contribution in [1.82, 2.24) is 15.0 Å². The first-order valence-corrected chi connectivity index (χ1v) is 6.80. The molecule has 3 nitrogen and oxygen atoms in total. The van der Waals surface area contributed by atoms with E-state index in [1.807, 2.05) is 0 Å². The Morgan fingerprint density at radius 3 is 2.68 bits per heavy atom. The van der Waals surface area contributed by atoms with Crippen LogP contribution < -0.4 is 0 Å². The molecule has 0 radical (unpaired) electrons. The van der Waals surface area contributed by atoms with Crippen molar-refractivity contribution in [1.29, 1.82) is 0 Å². The molecule has 1 fully saturated rings. The Morgan fingerprint density at radius 1 is 1.37 bits per heavy atom. The van der Waals surface area contributed by atoms with Gasteiger partial charge in [-0.15, -0.1) is 11.3 Å². The van der Waals surface area contributed by atoms with Crippen LogP contribution in [-0.4, -0.2) is 15.0 Å². The van der Waals surface area contributed by atoms with Crippen LogP contribution in [0.2, 0.25) is 0 Å². The molecule has 2 heterocycles. The zero-order valence-corrected chi connectivity index (χ0v) is 11.1. The number of hydrogen-bond acceptors (Lipinski definition) is 4. The van der Waals surface area contributed by atoms with Crippen molar-refractivity contribution in [3.63, 3.8) is 0 Å². The fourth-order valence-corrected chi connectivity index (χ4v) is 2.66. The summed E-state index contributed by atoms with van der Waals surface area (Å²) in [6.45, 7) is 0. The molecule has 19 heavy (non-hydrogen) atoms. The van der Waals surface area contributed by atoms with Crippen LogP contribution in [0.15, 0.2) is 12.3 Å². The summed E-state index contributed by atoms with van der Waals surface area (Å²) in [7, 11) is 0. The zero-order valence-electron chi connectivity index (χ0n) is 9.49. The Bertz CT molecular complexity index is 670. The first kappa shape index (κ1) is 12.7. The van der Waals surface area contributed by atoms with Crippen molar-refractivity contribution < 1.29 is 13.2 Å². The average molecular weight is 303 g/mol. The van der Waals surface area contributed by atoms with Crippen molar-refractivity contribution >= 4 is 23.6 Å². The number of nitrogens with one attached hydrogen (secondary N) is 1. The van der Waals surface area contributed by atoms with Crippen LogP contribution in [0.1, 0.15) is 29.6 Å². The lowest BCUT2D eigenvalue weighted by molar-refractivity contribution is -0.137. The summed E-state index contributed by atoms with van der Waals surface area (Å²) in [5.74, 6) is 1.11. The molecule has 0 atom stereocenters. The standard InChI is InChI=1S/C11H8F3N3S2/c12-11(13,14)10-15-4-7(19-10)6-3-8(18)17-9(16-6)5-1-2-5/h3-5H,1-2H2,(H,16,17,18). The van der Waals surface area contributed by atoms with E-state index in [0.29, 0.717) is 32.5 Å². The topological polar surface area (TPSA) is 41.6 Å². The SMILES string of the molecule is FC(F)(F)c1ncc(-c2cc(=S)nc(C3CC3)[nH]2)s1. The van der Waals surface area contributed by atoms with Crippen LogP contribution in [0.4, 0.5) is 13.2 Å². The molecule has 0 aromatic carbocycles. The second kappa shape index (κ2) is 4.38. The molecule has 0 saturated heterocycles. The number of hydrogen-bond donors (Lipinski definition) is 1. The van der Waals surface area contributed by atoms with Gasteiger partial charge in [-0.2, -0.15) is 13.2 Å². The molecule has 100 valence electrons. The van der Waals surface area contributed by atoms with Crippen molar-refractivity contribution in [2.45, 2.75) is 24.9 Å². The number of aromatic nitrogens is 3. The molecule has 1 N–H and O–H groups in total. The lowest BCUT2D eigenvalue weighted by atomic mass is 10.3. The molecule has 2 aromatic rings. The number of thiazole rings is 1. The lowest BCUT2D eigenvalue weighted by Gasteiger charge is -2.02. The summed E-state index contributed by atoms with van der Waals surface area (Å²) in [5.41, 5.74) is 0.551. The molecule has 0 spiro atoms. The first-order valence-electron chi connectivity index (χ1n) is 5.58. The van der Waals surface area contributed by atoms with Gasteiger partial charge in [0, 0.05) is 12.1 Å². The van der Waals surface area contributed by atoms with Gasteiger partial charge in [0.2, 0.25) is 0 Å². The lowest BCUT2D eigenvalue weighted by Crippen LogP contribution is -2.02. The number of rotatable bonds is 2. The largest absolute Gasteiger partial charge is 0.443 e. The molecule has 1 aliphatic rings. The molecule has 0 bridgehead atoms. The van der Waals surface area contributed by atoms with Gasteiger partial charge in [0.05, 0.1) is 10.6 Å². The highest BCUT2D eigenvalue weighted by molar-refractivity contribution is 7.71. The number of nitrogens with zero attached hydrogens (tertiary/aromatic N) is 2. The van der Waals surface area contributed by atoms with Crippen LogP contribution >= 0.6 is 23.6 Å². The fourth-order valence-electron chi connectivity index (χ4n) is 1.69. The quantitative estimate of drug-likeness (QED) is 0.847. The normalized spacial score (nSPS) is 15.7. The fraction of sp³-hybridized carbons (Fsp3) is 0.364. The minimum Gasteiger partial charge on any atom is -0.342 e.